The number of hydrogen-bond donors (Lipinski definition) is 1. The molecule has 0 saturated carbocycles. The molecule has 2 nitrogen and oxygen atoms in total. The second-order valence-electron chi connectivity index (χ2n) is 4.79. The number of benzene rings is 1. The van der Waals surface area contributed by atoms with Crippen LogP contribution >= 0.6 is 0 Å². The molecule has 0 spiro atoms. The van der Waals surface area contributed by atoms with Crippen LogP contribution in [-0.4, -0.2) is 30.6 Å². The Balaban J connectivity index is 2.06. The number of rotatable bonds is 2. The van der Waals surface area contributed by atoms with E-state index in [0.29, 0.717) is 6.04 Å². The summed E-state index contributed by atoms with van der Waals surface area (Å²) in [5, 5.41) is 2.99. The van der Waals surface area contributed by atoms with Crippen molar-refractivity contribution < 1.29 is 8.78 Å². The van der Waals surface area contributed by atoms with Gasteiger partial charge < -0.3 is 10.2 Å². The molecule has 0 radical (unpaired) electrons. The molecule has 2 rings (SSSR count). The molecule has 0 aliphatic carbocycles. The molecule has 1 aliphatic heterocycles. The number of anilines is 1. The van der Waals surface area contributed by atoms with Crippen LogP contribution < -0.4 is 5.32 Å². The number of nitrogens with zero attached hydrogens (tertiary/aromatic N) is 1. The molecule has 1 fully saturated rings. The van der Waals surface area contributed by atoms with Gasteiger partial charge in [0.1, 0.15) is 17.3 Å². The van der Waals surface area contributed by atoms with Crippen LogP contribution in [0.15, 0.2) is 18.2 Å². The van der Waals surface area contributed by atoms with Gasteiger partial charge in [-0.3, -0.25) is 0 Å². The highest BCUT2D eigenvalue weighted by molar-refractivity contribution is 5.47. The van der Waals surface area contributed by atoms with Crippen molar-refractivity contribution in [1.82, 2.24) is 4.90 Å². The Bertz CT molecular complexity index is 375. The zero-order valence-electron chi connectivity index (χ0n) is 10.2. The fraction of sp³-hybridized carbons (Fsp3) is 0.538. The van der Waals surface area contributed by atoms with E-state index in [1.54, 1.807) is 0 Å². The lowest BCUT2D eigenvalue weighted by atomic mass is 9.98. The molecule has 1 N–H and O–H groups in total. The van der Waals surface area contributed by atoms with Gasteiger partial charge in [0.05, 0.1) is 0 Å². The predicted octanol–water partition coefficient (Wildman–Crippen LogP) is 2.86. The molecular formula is C13H18F2N2. The third-order valence-corrected chi connectivity index (χ3v) is 3.52. The lowest BCUT2D eigenvalue weighted by Crippen LogP contribution is -2.42. The highest BCUT2D eigenvalue weighted by atomic mass is 19.1. The lowest BCUT2D eigenvalue weighted by Gasteiger charge is -2.35. The summed E-state index contributed by atoms with van der Waals surface area (Å²) < 4.78 is 26.9. The number of piperidine rings is 1. The van der Waals surface area contributed by atoms with Crippen LogP contribution in [0.1, 0.15) is 19.8 Å². The first-order valence-corrected chi connectivity index (χ1v) is 5.98. The first-order chi connectivity index (χ1) is 8.08. The summed E-state index contributed by atoms with van der Waals surface area (Å²) in [4.78, 5) is 2.26. The van der Waals surface area contributed by atoms with E-state index < -0.39 is 11.6 Å². The van der Waals surface area contributed by atoms with Crippen LogP contribution in [0.2, 0.25) is 0 Å². The van der Waals surface area contributed by atoms with E-state index in [4.69, 9.17) is 0 Å². The van der Waals surface area contributed by atoms with Gasteiger partial charge in [-0.05, 0) is 38.9 Å². The molecule has 0 amide bonds. The van der Waals surface area contributed by atoms with Crippen LogP contribution in [0.3, 0.4) is 0 Å². The number of nitrogens with one attached hydrogen (secondary N) is 1. The van der Waals surface area contributed by atoms with Crippen molar-refractivity contribution in [3.63, 3.8) is 0 Å². The molecule has 2 unspecified atom stereocenters. The quantitative estimate of drug-likeness (QED) is 0.855. The summed E-state index contributed by atoms with van der Waals surface area (Å²) in [6.07, 6.45) is 1.82. The van der Waals surface area contributed by atoms with Gasteiger partial charge in [-0.1, -0.05) is 6.07 Å². The minimum Gasteiger partial charge on any atom is -0.377 e. The van der Waals surface area contributed by atoms with Crippen LogP contribution in [0, 0.1) is 11.6 Å². The maximum absolute atomic E-state index is 13.5. The molecule has 94 valence electrons. The second-order valence-corrected chi connectivity index (χ2v) is 4.79. The van der Waals surface area contributed by atoms with Crippen LogP contribution in [0.4, 0.5) is 14.5 Å². The van der Waals surface area contributed by atoms with Gasteiger partial charge in [0.25, 0.3) is 0 Å². The smallest absolute Gasteiger partial charge is 0.149 e. The van der Waals surface area contributed by atoms with Crippen molar-refractivity contribution in [1.29, 1.82) is 0 Å². The maximum Gasteiger partial charge on any atom is 0.149 e. The summed E-state index contributed by atoms with van der Waals surface area (Å²) in [5.41, 5.74) is 0.00857. The minimum atomic E-state index is -0.517. The lowest BCUT2D eigenvalue weighted by molar-refractivity contribution is 0.190. The minimum absolute atomic E-state index is 0.00857. The Morgan fingerprint density at radius 2 is 1.94 bits per heavy atom. The Morgan fingerprint density at radius 1 is 1.29 bits per heavy atom. The van der Waals surface area contributed by atoms with Crippen molar-refractivity contribution >= 4 is 5.69 Å². The Morgan fingerprint density at radius 3 is 2.53 bits per heavy atom. The Kier molecular flexibility index (Phi) is 3.62. The predicted molar refractivity (Wildman–Crippen MR) is 65.1 cm³/mol. The third kappa shape index (κ3) is 2.75. The van der Waals surface area contributed by atoms with E-state index >= 15 is 0 Å². The summed E-state index contributed by atoms with van der Waals surface area (Å²) in [7, 11) is 2.07. The highest BCUT2D eigenvalue weighted by Crippen LogP contribution is 2.23. The molecule has 17 heavy (non-hydrogen) atoms. The van der Waals surface area contributed by atoms with Gasteiger partial charge in [-0.15, -0.1) is 0 Å². The fourth-order valence-corrected chi connectivity index (χ4v) is 2.26. The van der Waals surface area contributed by atoms with Gasteiger partial charge in [0.15, 0.2) is 0 Å². The molecule has 2 atom stereocenters. The topological polar surface area (TPSA) is 15.3 Å². The van der Waals surface area contributed by atoms with E-state index in [0.717, 1.165) is 19.4 Å². The maximum atomic E-state index is 13.5. The van der Waals surface area contributed by atoms with Crippen LogP contribution in [-0.2, 0) is 0 Å². The zero-order valence-corrected chi connectivity index (χ0v) is 10.2. The van der Waals surface area contributed by atoms with Gasteiger partial charge in [0.2, 0.25) is 0 Å². The van der Waals surface area contributed by atoms with E-state index in [9.17, 15) is 8.78 Å². The first-order valence-electron chi connectivity index (χ1n) is 5.98. The molecule has 1 aromatic rings. The largest absolute Gasteiger partial charge is 0.377 e. The first kappa shape index (κ1) is 12.3. The van der Waals surface area contributed by atoms with E-state index in [1.165, 1.54) is 18.2 Å². The van der Waals surface area contributed by atoms with E-state index in [-0.39, 0.29) is 11.7 Å². The van der Waals surface area contributed by atoms with Crippen LogP contribution in [0.5, 0.6) is 0 Å². The number of halogens is 2. The molecular weight excluding hydrogens is 222 g/mol. The second kappa shape index (κ2) is 5.00. The average molecular weight is 240 g/mol. The van der Waals surface area contributed by atoms with Crippen molar-refractivity contribution in [2.75, 3.05) is 18.9 Å². The molecule has 0 bridgehead atoms. The Hall–Kier alpha value is -1.16. The summed E-state index contributed by atoms with van der Waals surface area (Å²) in [5.74, 6) is -1.03. The summed E-state index contributed by atoms with van der Waals surface area (Å²) >= 11 is 0. The fourth-order valence-electron chi connectivity index (χ4n) is 2.26. The van der Waals surface area contributed by atoms with Crippen LogP contribution in [0.25, 0.3) is 0 Å². The van der Waals surface area contributed by atoms with E-state index in [1.807, 2.05) is 0 Å². The molecule has 1 aromatic carbocycles. The normalized spacial score (nSPS) is 25.9. The number of likely N-dealkylation sites (tertiary alicyclic amines) is 1. The monoisotopic (exact) mass is 240 g/mol. The number of para-hydroxylation sites is 1. The van der Waals surface area contributed by atoms with Crippen molar-refractivity contribution in [2.45, 2.75) is 31.8 Å². The Labute approximate surface area is 101 Å². The summed E-state index contributed by atoms with van der Waals surface area (Å²) in [6.45, 7) is 3.08. The standard InChI is InChI=1S/C13H18F2N2/c1-9-8-10(6-7-17(9)2)16-13-11(14)4-3-5-12(13)15/h3-5,9-10,16H,6-8H2,1-2H3. The average Bonchev–Trinajstić information content (AvgIpc) is 2.28. The summed E-state index contributed by atoms with van der Waals surface area (Å²) in [6, 6.07) is 4.53. The molecule has 4 heteroatoms. The third-order valence-electron chi connectivity index (χ3n) is 3.52. The van der Waals surface area contributed by atoms with E-state index in [2.05, 4.69) is 24.2 Å². The molecule has 0 aromatic heterocycles. The molecule has 1 heterocycles. The van der Waals surface area contributed by atoms with Crippen molar-refractivity contribution in [3.05, 3.63) is 29.8 Å². The van der Waals surface area contributed by atoms with Gasteiger partial charge in [0, 0.05) is 18.6 Å². The van der Waals surface area contributed by atoms with Crippen molar-refractivity contribution in [3.8, 4) is 0 Å². The van der Waals surface area contributed by atoms with Gasteiger partial charge in [-0.2, -0.15) is 0 Å². The molecule has 1 saturated heterocycles. The van der Waals surface area contributed by atoms with Crippen molar-refractivity contribution in [2.24, 2.45) is 0 Å². The highest BCUT2D eigenvalue weighted by Gasteiger charge is 2.24. The van der Waals surface area contributed by atoms with Gasteiger partial charge in [-0.25, -0.2) is 8.78 Å². The zero-order chi connectivity index (χ0) is 12.4. The van der Waals surface area contributed by atoms with Gasteiger partial charge >= 0.3 is 0 Å². The number of hydrogen-bond acceptors (Lipinski definition) is 2. The molecule has 1 aliphatic rings. The SMILES string of the molecule is CC1CC(Nc2c(F)cccc2F)CCN1C.